The molecule has 1 aromatic heterocycles. The summed E-state index contributed by atoms with van der Waals surface area (Å²) >= 11 is 0. The van der Waals surface area contributed by atoms with Crippen LogP contribution >= 0.6 is 0 Å². The number of hydrogen-bond acceptors (Lipinski definition) is 7. The molecular formula is C26H29F3N4O5S. The van der Waals surface area contributed by atoms with E-state index in [-0.39, 0.29) is 56.4 Å². The van der Waals surface area contributed by atoms with Crippen LogP contribution in [0.25, 0.3) is 5.69 Å². The number of ether oxygens (including phenoxy) is 1. The maximum absolute atomic E-state index is 13.8. The molecule has 3 aromatic rings. The minimum absolute atomic E-state index is 0.0285. The first-order chi connectivity index (χ1) is 18.3. The van der Waals surface area contributed by atoms with Gasteiger partial charge in [-0.05, 0) is 43.7 Å². The van der Waals surface area contributed by atoms with Crippen molar-refractivity contribution in [3.8, 4) is 11.4 Å². The molecule has 1 fully saturated rings. The van der Waals surface area contributed by atoms with Gasteiger partial charge in [0.2, 0.25) is 15.8 Å². The second-order valence-corrected chi connectivity index (χ2v) is 11.9. The van der Waals surface area contributed by atoms with Gasteiger partial charge in [0, 0.05) is 38.7 Å². The molecule has 0 bridgehead atoms. The first kappa shape index (κ1) is 28.6. The van der Waals surface area contributed by atoms with Crippen molar-refractivity contribution in [1.82, 2.24) is 14.1 Å². The van der Waals surface area contributed by atoms with E-state index in [2.05, 4.69) is 5.10 Å². The van der Waals surface area contributed by atoms with Gasteiger partial charge in [0.25, 0.3) is 0 Å². The van der Waals surface area contributed by atoms with Crippen LogP contribution in [-0.2, 0) is 15.8 Å². The van der Waals surface area contributed by atoms with Crippen LogP contribution in [0.1, 0.15) is 25.8 Å². The monoisotopic (exact) mass is 566 g/mol. The van der Waals surface area contributed by atoms with Gasteiger partial charge in [-0.1, -0.05) is 12.1 Å². The van der Waals surface area contributed by atoms with Crippen molar-refractivity contribution >= 4 is 15.7 Å². The van der Waals surface area contributed by atoms with Crippen molar-refractivity contribution in [2.75, 3.05) is 37.7 Å². The van der Waals surface area contributed by atoms with Crippen LogP contribution in [0.3, 0.4) is 0 Å². The van der Waals surface area contributed by atoms with E-state index in [9.17, 15) is 31.5 Å². The average Bonchev–Trinajstić information content (AvgIpc) is 2.85. The molecule has 1 N–H and O–H groups in total. The fraction of sp³-hybridized carbons (Fsp3) is 0.385. The standard InChI is InChI=1S/C26H29F3N4O5S/c1-26(2,35)7-12-38-24-23(16-30-33(25(24)34)22-14-20(28)13-21(29)15-22)31-8-10-32(11-9-31)39(36,37)17-18-3-5-19(27)6-4-18/h3-6,13-16,35H,7-12,17H2,1-2H3. The van der Waals surface area contributed by atoms with E-state index >= 15 is 0 Å². The summed E-state index contributed by atoms with van der Waals surface area (Å²) in [5.41, 5.74) is -1.21. The largest absolute Gasteiger partial charge is 0.486 e. The van der Waals surface area contributed by atoms with Crippen LogP contribution in [0.15, 0.2) is 53.5 Å². The average molecular weight is 567 g/mol. The first-order valence-electron chi connectivity index (χ1n) is 12.2. The van der Waals surface area contributed by atoms with E-state index < -0.39 is 38.6 Å². The Bertz CT molecular complexity index is 1460. The molecule has 0 aliphatic carbocycles. The normalized spacial score (nSPS) is 15.0. The Kier molecular flexibility index (Phi) is 8.33. The Labute approximate surface area is 224 Å². The molecule has 1 aliphatic rings. The number of nitrogens with zero attached hydrogens (tertiary/aromatic N) is 4. The Balaban J connectivity index is 1.57. The highest BCUT2D eigenvalue weighted by atomic mass is 32.2. The first-order valence-corrected chi connectivity index (χ1v) is 13.8. The molecule has 0 amide bonds. The van der Waals surface area contributed by atoms with Gasteiger partial charge < -0.3 is 14.7 Å². The second kappa shape index (κ2) is 11.4. The molecule has 1 saturated heterocycles. The Hall–Kier alpha value is -3.42. The molecule has 0 saturated carbocycles. The molecule has 2 heterocycles. The molecule has 0 atom stereocenters. The van der Waals surface area contributed by atoms with Gasteiger partial charge >= 0.3 is 5.56 Å². The third-order valence-electron chi connectivity index (χ3n) is 6.20. The number of aliphatic hydroxyl groups is 1. The highest BCUT2D eigenvalue weighted by Gasteiger charge is 2.30. The van der Waals surface area contributed by atoms with Gasteiger partial charge in [-0.25, -0.2) is 21.6 Å². The summed E-state index contributed by atoms with van der Waals surface area (Å²) in [4.78, 5) is 15.1. The number of anilines is 1. The highest BCUT2D eigenvalue weighted by molar-refractivity contribution is 7.88. The summed E-state index contributed by atoms with van der Waals surface area (Å²) in [6, 6.07) is 7.85. The van der Waals surface area contributed by atoms with Gasteiger partial charge in [0.1, 0.15) is 23.1 Å². The van der Waals surface area contributed by atoms with Crippen LogP contribution in [0.5, 0.6) is 5.75 Å². The van der Waals surface area contributed by atoms with Crippen LogP contribution < -0.4 is 15.2 Å². The number of piperazine rings is 1. The summed E-state index contributed by atoms with van der Waals surface area (Å²) in [5, 5.41) is 14.1. The number of aromatic nitrogens is 2. The lowest BCUT2D eigenvalue weighted by Crippen LogP contribution is -2.49. The number of halogens is 3. The molecule has 39 heavy (non-hydrogen) atoms. The van der Waals surface area contributed by atoms with Crippen LogP contribution in [0.2, 0.25) is 0 Å². The molecular weight excluding hydrogens is 537 g/mol. The molecule has 13 heteroatoms. The number of sulfonamides is 1. The van der Waals surface area contributed by atoms with Gasteiger partial charge in [0.05, 0.1) is 29.8 Å². The van der Waals surface area contributed by atoms with Crippen LogP contribution in [-0.4, -0.2) is 66.0 Å². The summed E-state index contributed by atoms with van der Waals surface area (Å²) in [7, 11) is -3.68. The Morgan fingerprint density at radius 1 is 0.974 bits per heavy atom. The van der Waals surface area contributed by atoms with Crippen molar-refractivity contribution in [2.45, 2.75) is 31.6 Å². The van der Waals surface area contributed by atoms with Gasteiger partial charge in [-0.3, -0.25) is 4.79 Å². The molecule has 1 aliphatic heterocycles. The maximum Gasteiger partial charge on any atom is 0.316 e. The van der Waals surface area contributed by atoms with Gasteiger partial charge in [-0.2, -0.15) is 14.1 Å². The number of hydrogen-bond donors (Lipinski definition) is 1. The SMILES string of the molecule is CC(C)(O)CCOc1c(N2CCN(S(=O)(=O)Cc3ccc(F)cc3)CC2)cnn(-c2cc(F)cc(F)c2)c1=O. The highest BCUT2D eigenvalue weighted by Crippen LogP contribution is 2.27. The predicted octanol–water partition coefficient (Wildman–Crippen LogP) is 2.84. The minimum Gasteiger partial charge on any atom is -0.486 e. The lowest BCUT2D eigenvalue weighted by Gasteiger charge is -2.35. The molecule has 0 unspecified atom stereocenters. The second-order valence-electron chi connectivity index (χ2n) is 9.88. The summed E-state index contributed by atoms with van der Waals surface area (Å²) in [6.07, 6.45) is 1.52. The van der Waals surface area contributed by atoms with Crippen molar-refractivity contribution in [3.63, 3.8) is 0 Å². The van der Waals surface area contributed by atoms with Crippen molar-refractivity contribution in [1.29, 1.82) is 0 Å². The zero-order valence-electron chi connectivity index (χ0n) is 21.5. The maximum atomic E-state index is 13.8. The molecule has 4 rings (SSSR count). The molecule has 9 nitrogen and oxygen atoms in total. The molecule has 0 spiro atoms. The quantitative estimate of drug-likeness (QED) is 0.425. The van der Waals surface area contributed by atoms with Gasteiger partial charge in [0.15, 0.2) is 0 Å². The predicted molar refractivity (Wildman–Crippen MR) is 139 cm³/mol. The zero-order valence-corrected chi connectivity index (χ0v) is 22.3. The zero-order chi connectivity index (χ0) is 28.4. The van der Waals surface area contributed by atoms with E-state index in [0.29, 0.717) is 17.3 Å². The third-order valence-corrected chi connectivity index (χ3v) is 8.05. The summed E-state index contributed by atoms with van der Waals surface area (Å²) < 4.78 is 74.6. The van der Waals surface area contributed by atoms with E-state index in [1.54, 1.807) is 18.7 Å². The lowest BCUT2D eigenvalue weighted by molar-refractivity contribution is 0.0551. The summed E-state index contributed by atoms with van der Waals surface area (Å²) in [6.45, 7) is 3.80. The lowest BCUT2D eigenvalue weighted by atomic mass is 10.1. The number of rotatable bonds is 9. The fourth-order valence-electron chi connectivity index (χ4n) is 4.13. The smallest absolute Gasteiger partial charge is 0.316 e. The van der Waals surface area contributed by atoms with Crippen molar-refractivity contribution in [2.24, 2.45) is 0 Å². The van der Waals surface area contributed by atoms with E-state index in [4.69, 9.17) is 4.74 Å². The third kappa shape index (κ3) is 7.16. The van der Waals surface area contributed by atoms with Crippen molar-refractivity contribution in [3.05, 3.63) is 82.0 Å². The fourth-order valence-corrected chi connectivity index (χ4v) is 5.64. The van der Waals surface area contributed by atoms with Crippen LogP contribution in [0.4, 0.5) is 18.9 Å². The summed E-state index contributed by atoms with van der Waals surface area (Å²) in [5.74, 6) is -2.64. The topological polar surface area (TPSA) is 105 Å². The molecule has 2 aromatic carbocycles. The Morgan fingerprint density at radius 2 is 1.59 bits per heavy atom. The van der Waals surface area contributed by atoms with E-state index in [0.717, 1.165) is 16.8 Å². The molecule has 210 valence electrons. The van der Waals surface area contributed by atoms with E-state index in [1.165, 1.54) is 34.8 Å². The van der Waals surface area contributed by atoms with Gasteiger partial charge in [-0.15, -0.1) is 0 Å². The minimum atomic E-state index is -3.68. The van der Waals surface area contributed by atoms with Crippen molar-refractivity contribution < 1.29 is 31.4 Å². The molecule has 0 radical (unpaired) electrons. The van der Waals surface area contributed by atoms with E-state index in [1.807, 2.05) is 0 Å². The van der Waals surface area contributed by atoms with Crippen LogP contribution in [0, 0.1) is 17.5 Å². The number of benzene rings is 2. The Morgan fingerprint density at radius 3 is 2.18 bits per heavy atom.